The molecule has 3 rings (SSSR count). The van der Waals surface area contributed by atoms with Crippen molar-refractivity contribution in [2.24, 2.45) is 5.92 Å². The van der Waals surface area contributed by atoms with Crippen LogP contribution in [0.25, 0.3) is 0 Å². The molecule has 0 aromatic carbocycles. The van der Waals surface area contributed by atoms with Crippen LogP contribution in [-0.4, -0.2) is 88.6 Å². The molecule has 3 amide bonds. The van der Waals surface area contributed by atoms with Crippen molar-refractivity contribution in [1.29, 1.82) is 0 Å². The van der Waals surface area contributed by atoms with Crippen LogP contribution in [0, 0.1) is 5.92 Å². The van der Waals surface area contributed by atoms with Crippen molar-refractivity contribution in [2.75, 3.05) is 44.2 Å². The van der Waals surface area contributed by atoms with Gasteiger partial charge in [-0.25, -0.2) is 10.0 Å². The van der Waals surface area contributed by atoms with Crippen LogP contribution < -0.4 is 4.90 Å². The van der Waals surface area contributed by atoms with Gasteiger partial charge in [0.25, 0.3) is 6.01 Å². The molecular formula is C21H33N5O5. The normalized spacial score (nSPS) is 20.1. The number of anilines is 1. The molecule has 1 aromatic rings. The van der Waals surface area contributed by atoms with E-state index in [4.69, 9.17) is 4.42 Å². The number of piperazine rings is 1. The van der Waals surface area contributed by atoms with Gasteiger partial charge in [-0.05, 0) is 19.3 Å². The van der Waals surface area contributed by atoms with Crippen LogP contribution in [-0.2, 0) is 14.4 Å². The second kappa shape index (κ2) is 11.1. The first-order chi connectivity index (χ1) is 15.0. The number of hydroxylamine groups is 2. The van der Waals surface area contributed by atoms with E-state index in [1.54, 1.807) is 11.1 Å². The Morgan fingerprint density at radius 2 is 2.06 bits per heavy atom. The molecule has 0 unspecified atom stereocenters. The van der Waals surface area contributed by atoms with Gasteiger partial charge in [0.15, 0.2) is 0 Å². The first-order valence-electron chi connectivity index (χ1n) is 11.2. The van der Waals surface area contributed by atoms with Crippen molar-refractivity contribution in [3.05, 3.63) is 12.5 Å². The standard InChI is InChI=1S/C21H33N5O5/c1-2-3-4-6-17(15-25(30)16-27)19(28)26-9-5-7-18(26)20(29)23-10-12-24(13-11-23)21-22-8-14-31-21/h8,14,16-18,30H,2-7,9-13,15H2,1H3/t17-,18+/m1/s1. The van der Waals surface area contributed by atoms with E-state index in [0.717, 1.165) is 25.7 Å². The van der Waals surface area contributed by atoms with Crippen molar-refractivity contribution < 1.29 is 24.0 Å². The number of nitrogens with zero attached hydrogens (tertiary/aromatic N) is 5. The van der Waals surface area contributed by atoms with Gasteiger partial charge < -0.3 is 19.1 Å². The minimum absolute atomic E-state index is 0.0264. The summed E-state index contributed by atoms with van der Waals surface area (Å²) >= 11 is 0. The van der Waals surface area contributed by atoms with Crippen LogP contribution >= 0.6 is 0 Å². The topological polar surface area (TPSA) is 110 Å². The average molecular weight is 436 g/mol. The summed E-state index contributed by atoms with van der Waals surface area (Å²) in [5.41, 5.74) is 0. The summed E-state index contributed by atoms with van der Waals surface area (Å²) in [5, 5.41) is 10.2. The van der Waals surface area contributed by atoms with Gasteiger partial charge in [-0.15, -0.1) is 0 Å². The summed E-state index contributed by atoms with van der Waals surface area (Å²) in [6.07, 6.45) is 8.29. The fourth-order valence-corrected chi connectivity index (χ4v) is 4.43. The molecule has 0 saturated carbocycles. The van der Waals surface area contributed by atoms with Crippen molar-refractivity contribution in [1.82, 2.24) is 19.8 Å². The number of carbonyl (C=O) groups excluding carboxylic acids is 3. The molecule has 1 N–H and O–H groups in total. The van der Waals surface area contributed by atoms with Gasteiger partial charge in [0.05, 0.1) is 18.7 Å². The number of hydrogen-bond acceptors (Lipinski definition) is 7. The van der Waals surface area contributed by atoms with Gasteiger partial charge in [-0.3, -0.25) is 19.6 Å². The maximum atomic E-state index is 13.3. The summed E-state index contributed by atoms with van der Waals surface area (Å²) in [5.74, 6) is -0.676. The lowest BCUT2D eigenvalue weighted by molar-refractivity contribution is -0.158. The number of hydrogen-bond donors (Lipinski definition) is 1. The molecule has 1 aromatic heterocycles. The third kappa shape index (κ3) is 5.75. The summed E-state index contributed by atoms with van der Waals surface area (Å²) in [7, 11) is 0. The highest BCUT2D eigenvalue weighted by Crippen LogP contribution is 2.25. The fourth-order valence-electron chi connectivity index (χ4n) is 4.43. The SMILES string of the molecule is CCCCC[C@H](CN(O)C=O)C(=O)N1CCC[C@H]1C(=O)N1CCN(c2ncco2)CC1. The first kappa shape index (κ1) is 23.1. The summed E-state index contributed by atoms with van der Waals surface area (Å²) < 4.78 is 5.33. The molecule has 0 spiro atoms. The van der Waals surface area contributed by atoms with Gasteiger partial charge in [0, 0.05) is 32.7 Å². The minimum Gasteiger partial charge on any atom is -0.432 e. The highest BCUT2D eigenvalue weighted by Gasteiger charge is 2.39. The summed E-state index contributed by atoms with van der Waals surface area (Å²) in [4.78, 5) is 47.0. The number of oxazole rings is 1. The summed E-state index contributed by atoms with van der Waals surface area (Å²) in [6.45, 7) is 4.93. The van der Waals surface area contributed by atoms with Crippen LogP contribution in [0.3, 0.4) is 0 Å². The maximum absolute atomic E-state index is 13.3. The third-order valence-corrected chi connectivity index (χ3v) is 6.14. The molecule has 0 aliphatic carbocycles. The van der Waals surface area contributed by atoms with E-state index in [0.29, 0.717) is 63.1 Å². The monoisotopic (exact) mass is 435 g/mol. The Morgan fingerprint density at radius 1 is 1.29 bits per heavy atom. The van der Waals surface area contributed by atoms with E-state index in [-0.39, 0.29) is 18.4 Å². The number of amides is 3. The molecule has 31 heavy (non-hydrogen) atoms. The molecule has 2 aliphatic heterocycles. The van der Waals surface area contributed by atoms with Gasteiger partial charge in [0.2, 0.25) is 18.2 Å². The first-order valence-corrected chi connectivity index (χ1v) is 11.2. The Hall–Kier alpha value is -2.62. The van der Waals surface area contributed by atoms with Gasteiger partial charge in [-0.1, -0.05) is 26.2 Å². The maximum Gasteiger partial charge on any atom is 0.297 e. The van der Waals surface area contributed by atoms with Crippen LogP contribution in [0.2, 0.25) is 0 Å². The number of carbonyl (C=O) groups is 3. The Morgan fingerprint density at radius 3 is 2.71 bits per heavy atom. The summed E-state index contributed by atoms with van der Waals surface area (Å²) in [6, 6.07) is 0.0845. The van der Waals surface area contributed by atoms with E-state index >= 15 is 0 Å². The number of aromatic nitrogens is 1. The molecule has 172 valence electrons. The van der Waals surface area contributed by atoms with E-state index < -0.39 is 12.0 Å². The Kier molecular flexibility index (Phi) is 8.27. The fraction of sp³-hybridized carbons (Fsp3) is 0.714. The second-order valence-corrected chi connectivity index (χ2v) is 8.24. The highest BCUT2D eigenvalue weighted by molar-refractivity contribution is 5.89. The van der Waals surface area contributed by atoms with Crippen molar-refractivity contribution in [3.63, 3.8) is 0 Å². The molecule has 0 bridgehead atoms. The lowest BCUT2D eigenvalue weighted by Gasteiger charge is -2.37. The third-order valence-electron chi connectivity index (χ3n) is 6.14. The predicted octanol–water partition coefficient (Wildman–Crippen LogP) is 1.36. The van der Waals surface area contributed by atoms with Gasteiger partial charge in [0.1, 0.15) is 12.3 Å². The Labute approximate surface area is 182 Å². The van der Waals surface area contributed by atoms with E-state index in [9.17, 15) is 19.6 Å². The Bertz CT molecular complexity index is 720. The molecule has 2 saturated heterocycles. The van der Waals surface area contributed by atoms with E-state index in [2.05, 4.69) is 11.9 Å². The van der Waals surface area contributed by atoms with Gasteiger partial charge >= 0.3 is 0 Å². The largest absolute Gasteiger partial charge is 0.432 e. The van der Waals surface area contributed by atoms with Crippen molar-refractivity contribution in [3.8, 4) is 0 Å². The van der Waals surface area contributed by atoms with Crippen molar-refractivity contribution in [2.45, 2.75) is 51.5 Å². The molecular weight excluding hydrogens is 402 g/mol. The zero-order chi connectivity index (χ0) is 22.2. The van der Waals surface area contributed by atoms with Crippen LogP contribution in [0.15, 0.2) is 16.9 Å². The van der Waals surface area contributed by atoms with Crippen LogP contribution in [0.5, 0.6) is 0 Å². The molecule has 2 aliphatic rings. The van der Waals surface area contributed by atoms with Crippen LogP contribution in [0.4, 0.5) is 6.01 Å². The molecule has 2 fully saturated rings. The van der Waals surface area contributed by atoms with Crippen LogP contribution in [0.1, 0.15) is 45.4 Å². The number of unbranched alkanes of at least 4 members (excludes halogenated alkanes) is 2. The smallest absolute Gasteiger partial charge is 0.297 e. The second-order valence-electron chi connectivity index (χ2n) is 8.24. The zero-order valence-electron chi connectivity index (χ0n) is 18.2. The molecule has 3 heterocycles. The zero-order valence-corrected chi connectivity index (χ0v) is 18.2. The number of likely N-dealkylation sites (tertiary alicyclic amines) is 1. The van der Waals surface area contributed by atoms with Gasteiger partial charge in [-0.2, -0.15) is 0 Å². The lowest BCUT2D eigenvalue weighted by atomic mass is 9.98. The Balaban J connectivity index is 1.60. The molecule has 10 nitrogen and oxygen atoms in total. The average Bonchev–Trinajstić information content (AvgIpc) is 3.50. The quantitative estimate of drug-likeness (QED) is 0.256. The molecule has 2 atom stereocenters. The highest BCUT2D eigenvalue weighted by atomic mass is 16.5. The van der Waals surface area contributed by atoms with E-state index in [1.807, 2.05) is 9.80 Å². The molecule has 0 radical (unpaired) electrons. The van der Waals surface area contributed by atoms with E-state index in [1.165, 1.54) is 6.26 Å². The number of rotatable bonds is 10. The minimum atomic E-state index is -0.503. The predicted molar refractivity (Wildman–Crippen MR) is 112 cm³/mol. The van der Waals surface area contributed by atoms with Crippen molar-refractivity contribution >= 4 is 24.2 Å². The lowest BCUT2D eigenvalue weighted by Crippen LogP contribution is -2.55. The molecule has 10 heteroatoms.